The van der Waals surface area contributed by atoms with E-state index in [-0.39, 0.29) is 12.1 Å². The Labute approximate surface area is 125 Å². The number of nitrogens with two attached hydrogens (primary N) is 1. The first-order valence-electron chi connectivity index (χ1n) is 6.82. The third-order valence-corrected chi connectivity index (χ3v) is 3.37. The molecule has 0 aliphatic heterocycles. The highest BCUT2D eigenvalue weighted by Crippen LogP contribution is 2.28. The monoisotopic (exact) mass is 289 g/mol. The minimum Gasteiger partial charge on any atom is -0.486 e. The normalized spacial score (nSPS) is 13.8. The van der Waals surface area contributed by atoms with E-state index >= 15 is 0 Å². The highest BCUT2D eigenvalue weighted by molar-refractivity contribution is 6.30. The fourth-order valence-electron chi connectivity index (χ4n) is 2.15. The summed E-state index contributed by atoms with van der Waals surface area (Å²) in [5.41, 5.74) is 8.09. The molecule has 20 heavy (non-hydrogen) atoms. The predicted molar refractivity (Wildman–Crippen MR) is 84.3 cm³/mol. The van der Waals surface area contributed by atoms with E-state index in [4.69, 9.17) is 22.1 Å². The smallest absolute Gasteiger partial charge is 0.123 e. The van der Waals surface area contributed by atoms with Crippen LogP contribution in [0.15, 0.2) is 48.5 Å². The number of hydrogen-bond donors (Lipinski definition) is 1. The second-order valence-corrected chi connectivity index (χ2v) is 5.54. The van der Waals surface area contributed by atoms with Crippen LogP contribution in [-0.2, 0) is 6.42 Å². The summed E-state index contributed by atoms with van der Waals surface area (Å²) in [4.78, 5) is 0. The van der Waals surface area contributed by atoms with Crippen molar-refractivity contribution in [1.82, 2.24) is 0 Å². The molecule has 2 rings (SSSR count). The molecule has 0 amide bonds. The summed E-state index contributed by atoms with van der Waals surface area (Å²) in [5.74, 6) is 0.850. The molecule has 106 valence electrons. The van der Waals surface area contributed by atoms with Gasteiger partial charge in [0, 0.05) is 11.1 Å². The van der Waals surface area contributed by atoms with Crippen molar-refractivity contribution in [3.63, 3.8) is 0 Å². The molecule has 0 heterocycles. The molecule has 3 heteroatoms. The van der Waals surface area contributed by atoms with Crippen LogP contribution in [0.3, 0.4) is 0 Å². The summed E-state index contributed by atoms with van der Waals surface area (Å²) in [5, 5.41) is 0.709. The van der Waals surface area contributed by atoms with Gasteiger partial charge < -0.3 is 10.5 Å². The van der Waals surface area contributed by atoms with Gasteiger partial charge in [-0.15, -0.1) is 0 Å². The zero-order valence-electron chi connectivity index (χ0n) is 11.8. The Bertz CT molecular complexity index is 554. The van der Waals surface area contributed by atoms with Gasteiger partial charge >= 0.3 is 0 Å². The van der Waals surface area contributed by atoms with Gasteiger partial charge in [-0.2, -0.15) is 0 Å². The highest BCUT2D eigenvalue weighted by atomic mass is 35.5. The fraction of sp³-hybridized carbons (Fsp3) is 0.294. The number of hydrogen-bond acceptors (Lipinski definition) is 2. The largest absolute Gasteiger partial charge is 0.486 e. The second-order valence-electron chi connectivity index (χ2n) is 5.10. The molecule has 2 N–H and O–H groups in total. The van der Waals surface area contributed by atoms with Crippen LogP contribution in [-0.4, -0.2) is 6.04 Å². The molecule has 2 aromatic rings. The second kappa shape index (κ2) is 6.78. The molecule has 0 fully saturated rings. The number of benzene rings is 2. The molecule has 2 unspecified atom stereocenters. The Hall–Kier alpha value is -1.51. The van der Waals surface area contributed by atoms with Crippen molar-refractivity contribution in [2.75, 3.05) is 0 Å². The van der Waals surface area contributed by atoms with Gasteiger partial charge in [0.2, 0.25) is 0 Å². The summed E-state index contributed by atoms with van der Waals surface area (Å²) in [6.07, 6.45) is 0.737. The molecule has 0 saturated heterocycles. The summed E-state index contributed by atoms with van der Waals surface area (Å²) in [6.45, 7) is 4.02. The summed E-state index contributed by atoms with van der Waals surface area (Å²) >= 11 is 6.06. The van der Waals surface area contributed by atoms with Crippen LogP contribution in [0, 0.1) is 0 Å². The van der Waals surface area contributed by atoms with Gasteiger partial charge in [-0.25, -0.2) is 0 Å². The Morgan fingerprint density at radius 2 is 1.80 bits per heavy atom. The molecule has 2 aromatic carbocycles. The summed E-state index contributed by atoms with van der Waals surface area (Å²) in [6, 6.07) is 15.9. The van der Waals surface area contributed by atoms with Gasteiger partial charge in [0.1, 0.15) is 11.9 Å². The van der Waals surface area contributed by atoms with Crippen LogP contribution >= 0.6 is 11.6 Å². The molecule has 0 bridgehead atoms. The number of rotatable bonds is 5. The third kappa shape index (κ3) is 3.99. The maximum atomic E-state index is 6.07. The van der Waals surface area contributed by atoms with E-state index in [0.717, 1.165) is 23.3 Å². The van der Waals surface area contributed by atoms with Gasteiger partial charge in [0.25, 0.3) is 0 Å². The molecule has 0 aromatic heterocycles. The molecular formula is C17H20ClNO. The van der Waals surface area contributed by atoms with Gasteiger partial charge in [-0.1, -0.05) is 41.9 Å². The van der Waals surface area contributed by atoms with E-state index in [1.54, 1.807) is 0 Å². The van der Waals surface area contributed by atoms with Crippen LogP contribution in [0.4, 0.5) is 0 Å². The first kappa shape index (κ1) is 14.9. The fourth-order valence-corrected chi connectivity index (χ4v) is 2.35. The van der Waals surface area contributed by atoms with Crippen molar-refractivity contribution in [3.05, 3.63) is 64.7 Å². The molecule has 0 radical (unpaired) electrons. The van der Waals surface area contributed by atoms with E-state index in [9.17, 15) is 0 Å². The lowest BCUT2D eigenvalue weighted by Crippen LogP contribution is -2.18. The molecule has 0 spiro atoms. The van der Waals surface area contributed by atoms with Crippen molar-refractivity contribution in [2.45, 2.75) is 32.4 Å². The maximum Gasteiger partial charge on any atom is 0.123 e. The lowest BCUT2D eigenvalue weighted by Gasteiger charge is -2.19. The van der Waals surface area contributed by atoms with E-state index in [0.29, 0.717) is 5.02 Å². The number of halogens is 1. The average molecular weight is 290 g/mol. The van der Waals surface area contributed by atoms with Crippen molar-refractivity contribution < 1.29 is 4.74 Å². The first-order valence-corrected chi connectivity index (χ1v) is 7.19. The molecule has 2 atom stereocenters. The Kier molecular flexibility index (Phi) is 5.05. The maximum absolute atomic E-state index is 6.07. The molecule has 0 aliphatic rings. The third-order valence-electron chi connectivity index (χ3n) is 3.14. The van der Waals surface area contributed by atoms with Crippen molar-refractivity contribution in [3.8, 4) is 5.75 Å². The van der Waals surface area contributed by atoms with Crippen LogP contribution < -0.4 is 10.5 Å². The Morgan fingerprint density at radius 3 is 2.45 bits per heavy atom. The zero-order valence-corrected chi connectivity index (χ0v) is 12.6. The van der Waals surface area contributed by atoms with Crippen LogP contribution in [0.2, 0.25) is 5.02 Å². The standard InChI is InChI=1S/C17H20ClNO/c1-12(19)10-15-11-16(18)8-9-17(15)20-13(2)14-6-4-3-5-7-14/h3-9,11-13H,10,19H2,1-2H3. The summed E-state index contributed by atoms with van der Waals surface area (Å²) < 4.78 is 6.07. The average Bonchev–Trinajstić information content (AvgIpc) is 2.42. The predicted octanol–water partition coefficient (Wildman–Crippen LogP) is 4.37. The van der Waals surface area contributed by atoms with E-state index in [1.165, 1.54) is 0 Å². The lowest BCUT2D eigenvalue weighted by molar-refractivity contribution is 0.224. The lowest BCUT2D eigenvalue weighted by atomic mass is 10.1. The van der Waals surface area contributed by atoms with Crippen molar-refractivity contribution >= 4 is 11.6 Å². The van der Waals surface area contributed by atoms with Crippen molar-refractivity contribution in [1.29, 1.82) is 0 Å². The van der Waals surface area contributed by atoms with Gasteiger partial charge in [0.05, 0.1) is 0 Å². The van der Waals surface area contributed by atoms with Crippen LogP contribution in [0.25, 0.3) is 0 Å². The summed E-state index contributed by atoms with van der Waals surface area (Å²) in [7, 11) is 0. The van der Waals surface area contributed by atoms with Gasteiger partial charge in [-0.05, 0) is 49.6 Å². The SMILES string of the molecule is CC(N)Cc1cc(Cl)ccc1OC(C)c1ccccc1. The molecular weight excluding hydrogens is 270 g/mol. The minimum absolute atomic E-state index is 0.00999. The first-order chi connectivity index (χ1) is 9.56. The topological polar surface area (TPSA) is 35.2 Å². The van der Waals surface area contributed by atoms with Gasteiger partial charge in [0.15, 0.2) is 0 Å². The highest BCUT2D eigenvalue weighted by Gasteiger charge is 2.12. The van der Waals surface area contributed by atoms with Gasteiger partial charge in [-0.3, -0.25) is 0 Å². The van der Waals surface area contributed by atoms with Crippen molar-refractivity contribution in [2.24, 2.45) is 5.73 Å². The Morgan fingerprint density at radius 1 is 1.10 bits per heavy atom. The molecule has 0 aliphatic carbocycles. The quantitative estimate of drug-likeness (QED) is 0.887. The van der Waals surface area contributed by atoms with Crippen LogP contribution in [0.1, 0.15) is 31.1 Å². The Balaban J connectivity index is 2.20. The molecule has 2 nitrogen and oxygen atoms in total. The minimum atomic E-state index is -0.00999. The van der Waals surface area contributed by atoms with E-state index < -0.39 is 0 Å². The van der Waals surface area contributed by atoms with E-state index in [2.05, 4.69) is 12.1 Å². The molecule has 0 saturated carbocycles. The van der Waals surface area contributed by atoms with E-state index in [1.807, 2.05) is 50.2 Å². The number of ether oxygens (including phenoxy) is 1. The van der Waals surface area contributed by atoms with Crippen LogP contribution in [0.5, 0.6) is 5.75 Å². The zero-order chi connectivity index (χ0) is 14.5.